The number of aryl methyl sites for hydroxylation is 1. The maximum atomic E-state index is 5.96. The summed E-state index contributed by atoms with van der Waals surface area (Å²) in [6.07, 6.45) is 0.863. The minimum Gasteiger partial charge on any atom is -0.371 e. The van der Waals surface area contributed by atoms with Gasteiger partial charge in [0, 0.05) is 25.7 Å². The van der Waals surface area contributed by atoms with Gasteiger partial charge in [0.25, 0.3) is 0 Å². The van der Waals surface area contributed by atoms with Gasteiger partial charge in [0.05, 0.1) is 6.04 Å². The standard InChI is InChI=1S/C16H20ClN5O/c1-10-18-15(21-16(19-10)22(2)3)20-13-8-9-23-14(13)11-4-6-12(17)7-5-11/h4-7,13-14H,8-9H2,1-3H3,(H,18,19,20,21)/t13-,14+/m1/s1. The smallest absolute Gasteiger partial charge is 0.229 e. The van der Waals surface area contributed by atoms with Crippen LogP contribution in [0.2, 0.25) is 5.02 Å². The number of nitrogens with zero attached hydrogens (tertiary/aromatic N) is 4. The second kappa shape index (κ2) is 6.68. The summed E-state index contributed by atoms with van der Waals surface area (Å²) in [6, 6.07) is 7.88. The van der Waals surface area contributed by atoms with E-state index >= 15 is 0 Å². The Labute approximate surface area is 140 Å². The Morgan fingerprint density at radius 2 is 1.91 bits per heavy atom. The van der Waals surface area contributed by atoms with E-state index in [9.17, 15) is 0 Å². The van der Waals surface area contributed by atoms with Crippen LogP contribution < -0.4 is 10.2 Å². The molecule has 23 heavy (non-hydrogen) atoms. The lowest BCUT2D eigenvalue weighted by atomic mass is 10.0. The third kappa shape index (κ3) is 3.71. The van der Waals surface area contributed by atoms with Gasteiger partial charge >= 0.3 is 0 Å². The lowest BCUT2D eigenvalue weighted by Gasteiger charge is -2.21. The van der Waals surface area contributed by atoms with Crippen LogP contribution in [0.5, 0.6) is 0 Å². The second-order valence-electron chi connectivity index (χ2n) is 5.78. The van der Waals surface area contributed by atoms with E-state index in [0.29, 0.717) is 24.3 Å². The third-order valence-corrected chi connectivity index (χ3v) is 3.99. The van der Waals surface area contributed by atoms with Crippen LogP contribution in [0.3, 0.4) is 0 Å². The second-order valence-corrected chi connectivity index (χ2v) is 6.22. The van der Waals surface area contributed by atoms with Crippen LogP contribution in [0.1, 0.15) is 23.9 Å². The normalized spacial score (nSPS) is 20.5. The number of anilines is 2. The van der Waals surface area contributed by atoms with Gasteiger partial charge < -0.3 is 15.0 Å². The van der Waals surface area contributed by atoms with Crippen LogP contribution in [0.4, 0.5) is 11.9 Å². The number of aromatic nitrogens is 3. The summed E-state index contributed by atoms with van der Waals surface area (Å²) < 4.78 is 5.88. The van der Waals surface area contributed by atoms with Crippen molar-refractivity contribution in [1.82, 2.24) is 15.0 Å². The molecule has 2 atom stereocenters. The molecule has 0 aliphatic carbocycles. The summed E-state index contributed by atoms with van der Waals surface area (Å²) in [6.45, 7) is 2.57. The van der Waals surface area contributed by atoms with Crippen LogP contribution in [-0.2, 0) is 4.74 Å². The first kappa shape index (κ1) is 16.0. The Hall–Kier alpha value is -1.92. The molecule has 0 spiro atoms. The van der Waals surface area contributed by atoms with Crippen molar-refractivity contribution < 1.29 is 4.74 Å². The Morgan fingerprint density at radius 3 is 2.61 bits per heavy atom. The van der Waals surface area contributed by atoms with Gasteiger partial charge in [0.15, 0.2) is 0 Å². The number of rotatable bonds is 4. The molecule has 0 saturated carbocycles. The highest BCUT2D eigenvalue weighted by molar-refractivity contribution is 6.30. The number of benzene rings is 1. The number of halogens is 1. The van der Waals surface area contributed by atoms with Crippen molar-refractivity contribution in [3.8, 4) is 0 Å². The number of hydrogen-bond donors (Lipinski definition) is 1. The van der Waals surface area contributed by atoms with E-state index < -0.39 is 0 Å². The van der Waals surface area contributed by atoms with Gasteiger partial charge in [-0.15, -0.1) is 0 Å². The third-order valence-electron chi connectivity index (χ3n) is 3.74. The predicted octanol–water partition coefficient (Wildman–Crippen LogP) is 2.84. The molecule has 1 saturated heterocycles. The molecule has 122 valence electrons. The van der Waals surface area contributed by atoms with Gasteiger partial charge in [-0.05, 0) is 31.0 Å². The molecule has 0 unspecified atom stereocenters. The first-order valence-corrected chi connectivity index (χ1v) is 7.94. The largest absolute Gasteiger partial charge is 0.371 e. The fourth-order valence-corrected chi connectivity index (χ4v) is 2.74. The summed E-state index contributed by atoms with van der Waals surface area (Å²) in [5.74, 6) is 1.91. The molecule has 7 heteroatoms. The number of hydrogen-bond acceptors (Lipinski definition) is 6. The minimum atomic E-state index is -0.0351. The highest BCUT2D eigenvalue weighted by Gasteiger charge is 2.30. The molecule has 1 aliphatic rings. The minimum absolute atomic E-state index is 0.0351. The zero-order chi connectivity index (χ0) is 16.4. The highest BCUT2D eigenvalue weighted by Crippen LogP contribution is 2.31. The van der Waals surface area contributed by atoms with Gasteiger partial charge in [-0.1, -0.05) is 23.7 Å². The Kier molecular flexibility index (Phi) is 4.63. The van der Waals surface area contributed by atoms with Crippen LogP contribution in [0.25, 0.3) is 0 Å². The molecule has 1 fully saturated rings. The van der Waals surface area contributed by atoms with Crippen molar-refractivity contribution in [3.63, 3.8) is 0 Å². The van der Waals surface area contributed by atoms with Gasteiger partial charge in [0.1, 0.15) is 11.9 Å². The van der Waals surface area contributed by atoms with Crippen molar-refractivity contribution in [3.05, 3.63) is 40.7 Å². The van der Waals surface area contributed by atoms with Crippen LogP contribution in [0.15, 0.2) is 24.3 Å². The van der Waals surface area contributed by atoms with Crippen molar-refractivity contribution in [1.29, 1.82) is 0 Å². The predicted molar refractivity (Wildman–Crippen MR) is 91.1 cm³/mol. The molecule has 0 bridgehead atoms. The molecule has 1 aromatic carbocycles. The summed E-state index contributed by atoms with van der Waals surface area (Å²) in [7, 11) is 3.82. The van der Waals surface area contributed by atoms with Crippen LogP contribution in [-0.4, -0.2) is 41.7 Å². The van der Waals surface area contributed by atoms with Gasteiger partial charge in [-0.2, -0.15) is 15.0 Å². The Bertz CT molecular complexity index is 677. The van der Waals surface area contributed by atoms with Crippen LogP contribution >= 0.6 is 11.6 Å². The molecule has 2 aromatic rings. The topological polar surface area (TPSA) is 63.2 Å². The van der Waals surface area contributed by atoms with Gasteiger partial charge in [-0.25, -0.2) is 0 Å². The quantitative estimate of drug-likeness (QED) is 0.928. The lowest BCUT2D eigenvalue weighted by Crippen LogP contribution is -2.25. The fraction of sp³-hybridized carbons (Fsp3) is 0.438. The SMILES string of the molecule is Cc1nc(N[C@@H]2CCO[C@H]2c2ccc(Cl)cc2)nc(N(C)C)n1. The first-order chi connectivity index (χ1) is 11.0. The summed E-state index contributed by atoms with van der Waals surface area (Å²) in [5.41, 5.74) is 1.10. The monoisotopic (exact) mass is 333 g/mol. The van der Waals surface area contributed by atoms with Crippen molar-refractivity contribution >= 4 is 23.5 Å². The van der Waals surface area contributed by atoms with E-state index in [1.807, 2.05) is 50.2 Å². The fourth-order valence-electron chi connectivity index (χ4n) is 2.62. The zero-order valence-corrected chi connectivity index (χ0v) is 14.2. The average Bonchev–Trinajstić information content (AvgIpc) is 2.95. The Morgan fingerprint density at radius 1 is 1.17 bits per heavy atom. The summed E-state index contributed by atoms with van der Waals surface area (Å²) >= 11 is 5.96. The van der Waals surface area contributed by atoms with Crippen molar-refractivity contribution in [2.45, 2.75) is 25.5 Å². The highest BCUT2D eigenvalue weighted by atomic mass is 35.5. The zero-order valence-electron chi connectivity index (χ0n) is 13.5. The lowest BCUT2D eigenvalue weighted by molar-refractivity contribution is 0.107. The maximum Gasteiger partial charge on any atom is 0.229 e. The average molecular weight is 334 g/mol. The van der Waals surface area contributed by atoms with Crippen molar-refractivity contribution in [2.24, 2.45) is 0 Å². The van der Waals surface area contributed by atoms with Crippen LogP contribution in [0, 0.1) is 6.92 Å². The molecule has 1 aliphatic heterocycles. The molecule has 0 amide bonds. The summed E-state index contributed by atoms with van der Waals surface area (Å²) in [4.78, 5) is 15.0. The summed E-state index contributed by atoms with van der Waals surface area (Å²) in [5, 5.41) is 4.12. The van der Waals surface area contributed by atoms with E-state index in [1.54, 1.807) is 0 Å². The maximum absolute atomic E-state index is 5.96. The molecular weight excluding hydrogens is 314 g/mol. The molecule has 6 nitrogen and oxygen atoms in total. The molecule has 1 aromatic heterocycles. The van der Waals surface area contributed by atoms with E-state index in [2.05, 4.69) is 20.3 Å². The van der Waals surface area contributed by atoms with E-state index in [4.69, 9.17) is 16.3 Å². The molecule has 0 radical (unpaired) electrons. The van der Waals surface area contributed by atoms with Crippen molar-refractivity contribution in [2.75, 3.05) is 30.9 Å². The van der Waals surface area contributed by atoms with Gasteiger partial charge in [0.2, 0.25) is 11.9 Å². The first-order valence-electron chi connectivity index (χ1n) is 7.56. The van der Waals surface area contributed by atoms with E-state index in [1.165, 1.54) is 0 Å². The molecule has 2 heterocycles. The Balaban J connectivity index is 1.80. The number of ether oxygens (including phenoxy) is 1. The van der Waals surface area contributed by atoms with Gasteiger partial charge in [-0.3, -0.25) is 0 Å². The van der Waals surface area contributed by atoms with E-state index in [-0.39, 0.29) is 12.1 Å². The van der Waals surface area contributed by atoms with E-state index in [0.717, 1.165) is 17.0 Å². The molecule has 3 rings (SSSR count). The molecular formula is C16H20ClN5O. The molecule has 1 N–H and O–H groups in total. The number of nitrogens with one attached hydrogen (secondary N) is 1.